The van der Waals surface area contributed by atoms with Crippen molar-refractivity contribution >= 4 is 10.0 Å². The molecule has 6 heteroatoms. The van der Waals surface area contributed by atoms with Crippen LogP contribution in [0.15, 0.2) is 17.2 Å². The minimum absolute atomic E-state index is 0.279. The molecule has 1 heterocycles. The molecule has 1 aliphatic rings. The second-order valence-corrected chi connectivity index (χ2v) is 7.49. The van der Waals surface area contributed by atoms with Crippen molar-refractivity contribution in [2.45, 2.75) is 31.7 Å². The number of nitrogens with two attached hydrogens (primary N) is 1. The van der Waals surface area contributed by atoms with E-state index in [2.05, 4.69) is 18.6 Å². The summed E-state index contributed by atoms with van der Waals surface area (Å²) in [6, 6.07) is 1.63. The molecule has 0 aromatic carbocycles. The van der Waals surface area contributed by atoms with Gasteiger partial charge in [-0.25, -0.2) is 13.1 Å². The largest absolute Gasteiger partial charge is 0.352 e. The molecule has 18 heavy (non-hydrogen) atoms. The summed E-state index contributed by atoms with van der Waals surface area (Å²) < 4.78 is 28.6. The molecular weight excluding hydrogens is 250 g/mol. The van der Waals surface area contributed by atoms with Gasteiger partial charge in [-0.2, -0.15) is 0 Å². The highest BCUT2D eigenvalue weighted by atomic mass is 32.2. The van der Waals surface area contributed by atoms with E-state index in [4.69, 9.17) is 5.73 Å². The molecule has 0 spiro atoms. The van der Waals surface area contributed by atoms with Crippen LogP contribution < -0.4 is 10.5 Å². The van der Waals surface area contributed by atoms with Crippen molar-refractivity contribution in [2.24, 2.45) is 24.1 Å². The maximum Gasteiger partial charge on any atom is 0.242 e. The lowest BCUT2D eigenvalue weighted by atomic mass is 10.1. The van der Waals surface area contributed by atoms with Crippen molar-refractivity contribution in [2.75, 3.05) is 6.54 Å². The van der Waals surface area contributed by atoms with Gasteiger partial charge in [0.05, 0.1) is 4.90 Å². The maximum atomic E-state index is 12.1. The molecule has 1 saturated carbocycles. The number of aromatic nitrogens is 1. The summed E-state index contributed by atoms with van der Waals surface area (Å²) in [4.78, 5) is 0.295. The average Bonchev–Trinajstić information content (AvgIpc) is 2.70. The first kappa shape index (κ1) is 13.6. The predicted octanol–water partition coefficient (Wildman–Crippen LogP) is 0.808. The highest BCUT2D eigenvalue weighted by molar-refractivity contribution is 7.89. The zero-order valence-corrected chi connectivity index (χ0v) is 11.9. The van der Waals surface area contributed by atoms with Gasteiger partial charge in [-0.05, 0) is 23.8 Å². The molecule has 5 nitrogen and oxygen atoms in total. The molecule has 3 N–H and O–H groups in total. The molecule has 0 amide bonds. The highest BCUT2D eigenvalue weighted by Gasteiger charge is 2.45. The molecule has 0 saturated heterocycles. The van der Waals surface area contributed by atoms with Crippen molar-refractivity contribution in [3.05, 3.63) is 18.0 Å². The summed E-state index contributed by atoms with van der Waals surface area (Å²) in [5, 5.41) is 0. The zero-order valence-electron chi connectivity index (χ0n) is 11.1. The number of nitrogens with zero attached hydrogens (tertiary/aromatic N) is 1. The molecule has 1 unspecified atom stereocenters. The Morgan fingerprint density at radius 1 is 1.56 bits per heavy atom. The van der Waals surface area contributed by atoms with Crippen molar-refractivity contribution in [1.82, 2.24) is 9.29 Å². The van der Waals surface area contributed by atoms with Gasteiger partial charge in [-0.15, -0.1) is 0 Å². The van der Waals surface area contributed by atoms with E-state index < -0.39 is 10.0 Å². The van der Waals surface area contributed by atoms with Crippen LogP contribution in [-0.2, 0) is 23.6 Å². The van der Waals surface area contributed by atoms with Crippen LogP contribution >= 0.6 is 0 Å². The van der Waals surface area contributed by atoms with Crippen LogP contribution in [0.25, 0.3) is 0 Å². The van der Waals surface area contributed by atoms with E-state index in [1.807, 2.05) is 0 Å². The van der Waals surface area contributed by atoms with E-state index in [1.165, 1.54) is 0 Å². The Kier molecular flexibility index (Phi) is 3.29. The molecule has 1 aromatic rings. The van der Waals surface area contributed by atoms with Crippen molar-refractivity contribution in [3.8, 4) is 0 Å². The van der Waals surface area contributed by atoms with Gasteiger partial charge in [0.15, 0.2) is 0 Å². The molecule has 0 aliphatic heterocycles. The minimum Gasteiger partial charge on any atom is -0.352 e. The van der Waals surface area contributed by atoms with E-state index in [-0.39, 0.29) is 5.41 Å². The van der Waals surface area contributed by atoms with E-state index in [1.54, 1.807) is 23.9 Å². The Bertz CT molecular complexity index is 546. The number of sulfonamides is 1. The van der Waals surface area contributed by atoms with Crippen LogP contribution in [0.1, 0.15) is 26.0 Å². The van der Waals surface area contributed by atoms with Crippen LogP contribution in [0.2, 0.25) is 0 Å². The third-order valence-electron chi connectivity index (χ3n) is 3.84. The van der Waals surface area contributed by atoms with Crippen molar-refractivity contribution in [1.29, 1.82) is 0 Å². The van der Waals surface area contributed by atoms with E-state index >= 15 is 0 Å². The van der Waals surface area contributed by atoms with Gasteiger partial charge in [0.25, 0.3) is 0 Å². The average molecular weight is 271 g/mol. The van der Waals surface area contributed by atoms with E-state index in [9.17, 15) is 8.42 Å². The molecule has 1 atom stereocenters. The Morgan fingerprint density at radius 2 is 2.17 bits per heavy atom. The first-order valence-electron chi connectivity index (χ1n) is 6.11. The minimum atomic E-state index is -3.40. The van der Waals surface area contributed by atoms with Crippen LogP contribution in [-0.4, -0.2) is 19.5 Å². The topological polar surface area (TPSA) is 77.1 Å². The SMILES string of the molecule is Cn1cc(S(=O)(=O)NCC2CC2(C)C)cc1CN. The first-order chi connectivity index (χ1) is 8.26. The quantitative estimate of drug-likeness (QED) is 0.832. The molecule has 1 aliphatic carbocycles. The molecule has 0 bridgehead atoms. The second kappa shape index (κ2) is 4.36. The number of hydrogen-bond acceptors (Lipinski definition) is 3. The van der Waals surface area contributed by atoms with Gasteiger partial charge in [0.2, 0.25) is 10.0 Å². The van der Waals surface area contributed by atoms with Gasteiger partial charge >= 0.3 is 0 Å². The van der Waals surface area contributed by atoms with Crippen molar-refractivity contribution < 1.29 is 8.42 Å². The smallest absolute Gasteiger partial charge is 0.242 e. The second-order valence-electron chi connectivity index (χ2n) is 5.72. The maximum absolute atomic E-state index is 12.1. The molecule has 1 fully saturated rings. The monoisotopic (exact) mass is 271 g/mol. The lowest BCUT2D eigenvalue weighted by Crippen LogP contribution is -2.26. The lowest BCUT2D eigenvalue weighted by molar-refractivity contribution is 0.537. The van der Waals surface area contributed by atoms with Gasteiger partial charge < -0.3 is 10.3 Å². The van der Waals surface area contributed by atoms with Crippen LogP contribution in [0.4, 0.5) is 0 Å². The normalized spacial score (nSPS) is 22.1. The molecule has 2 rings (SSSR count). The van der Waals surface area contributed by atoms with E-state index in [0.717, 1.165) is 12.1 Å². The van der Waals surface area contributed by atoms with Gasteiger partial charge in [0, 0.05) is 32.0 Å². The summed E-state index contributed by atoms with van der Waals surface area (Å²) in [7, 11) is -1.61. The van der Waals surface area contributed by atoms with Crippen LogP contribution in [0.5, 0.6) is 0 Å². The third kappa shape index (κ3) is 2.60. The first-order valence-corrected chi connectivity index (χ1v) is 7.59. The number of hydrogen-bond donors (Lipinski definition) is 2. The summed E-state index contributed by atoms with van der Waals surface area (Å²) >= 11 is 0. The number of aryl methyl sites for hydroxylation is 1. The van der Waals surface area contributed by atoms with Crippen LogP contribution in [0, 0.1) is 11.3 Å². The lowest BCUT2D eigenvalue weighted by Gasteiger charge is -2.06. The molecule has 0 radical (unpaired) electrons. The zero-order chi connectivity index (χ0) is 13.6. The summed E-state index contributed by atoms with van der Waals surface area (Å²) in [5.41, 5.74) is 6.63. The highest BCUT2D eigenvalue weighted by Crippen LogP contribution is 2.51. The van der Waals surface area contributed by atoms with Gasteiger partial charge in [-0.1, -0.05) is 13.8 Å². The summed E-state index contributed by atoms with van der Waals surface area (Å²) in [6.45, 7) is 5.16. The molecule has 102 valence electrons. The van der Waals surface area contributed by atoms with Crippen LogP contribution in [0.3, 0.4) is 0 Å². The van der Waals surface area contributed by atoms with E-state index in [0.29, 0.717) is 23.9 Å². The van der Waals surface area contributed by atoms with Gasteiger partial charge in [-0.3, -0.25) is 0 Å². The Balaban J connectivity index is 2.06. The Hall–Kier alpha value is -0.850. The standard InChI is InChI=1S/C12H21N3O2S/c1-12(2)5-9(12)7-14-18(16,17)11-4-10(6-13)15(3)8-11/h4,8-9,14H,5-7,13H2,1-3H3. The number of rotatable bonds is 5. The number of nitrogens with one attached hydrogen (secondary N) is 1. The fourth-order valence-electron chi connectivity index (χ4n) is 2.15. The molecule has 1 aromatic heterocycles. The summed E-state index contributed by atoms with van der Waals surface area (Å²) in [6.07, 6.45) is 2.68. The van der Waals surface area contributed by atoms with Gasteiger partial charge in [0.1, 0.15) is 0 Å². The molecular formula is C12H21N3O2S. The fraction of sp³-hybridized carbons (Fsp3) is 0.667. The Labute approximate surface area is 108 Å². The summed E-state index contributed by atoms with van der Waals surface area (Å²) in [5.74, 6) is 0.449. The Morgan fingerprint density at radius 3 is 2.61 bits per heavy atom. The van der Waals surface area contributed by atoms with Crippen molar-refractivity contribution in [3.63, 3.8) is 0 Å². The predicted molar refractivity (Wildman–Crippen MR) is 70.4 cm³/mol. The fourth-order valence-corrected chi connectivity index (χ4v) is 3.32. The third-order valence-corrected chi connectivity index (χ3v) is 5.23.